The van der Waals surface area contributed by atoms with Gasteiger partial charge in [0.25, 0.3) is 0 Å². The molecule has 4 aromatic carbocycles. The quantitative estimate of drug-likeness (QED) is 0.0981. The van der Waals surface area contributed by atoms with Crippen molar-refractivity contribution in [2.45, 2.75) is 76.3 Å². The van der Waals surface area contributed by atoms with Gasteiger partial charge in [-0.05, 0) is 86.3 Å². The van der Waals surface area contributed by atoms with Gasteiger partial charge in [-0.2, -0.15) is 0 Å². The molecule has 4 aliphatic rings. The van der Waals surface area contributed by atoms with Gasteiger partial charge < -0.3 is 55.0 Å². The van der Waals surface area contributed by atoms with Crippen molar-refractivity contribution in [2.24, 2.45) is 0 Å². The van der Waals surface area contributed by atoms with E-state index in [9.17, 15) is 49.0 Å². The number of carbonyl (C=O) groups is 6. The molecule has 4 aliphatic heterocycles. The van der Waals surface area contributed by atoms with Crippen LogP contribution in [0.1, 0.15) is 62.0 Å². The highest BCUT2D eigenvalue weighted by molar-refractivity contribution is 5.97. The topological polar surface area (TPSA) is 304 Å². The van der Waals surface area contributed by atoms with Gasteiger partial charge in [0.1, 0.15) is 41.6 Å². The number of hydrogen-bond acceptors (Lipinski definition) is 16. The molecule has 4 heterocycles. The minimum absolute atomic E-state index is 0.156. The molecule has 0 fully saturated rings. The van der Waals surface area contributed by atoms with E-state index in [0.717, 1.165) is 19.2 Å². The number of hydrogen-bond donors (Lipinski definition) is 5. The molecule has 68 heavy (non-hydrogen) atoms. The van der Waals surface area contributed by atoms with Crippen LogP contribution in [0.15, 0.2) is 72.8 Å². The first-order valence-electron chi connectivity index (χ1n) is 20.7. The third-order valence-corrected chi connectivity index (χ3v) is 10.4. The number of benzene rings is 4. The molecule has 0 unspecified atom stereocenters. The van der Waals surface area contributed by atoms with Gasteiger partial charge in [0.15, 0.2) is 11.5 Å². The first-order chi connectivity index (χ1) is 32.2. The van der Waals surface area contributed by atoms with E-state index in [1.54, 1.807) is 20.8 Å². The zero-order chi connectivity index (χ0) is 49.6. The van der Waals surface area contributed by atoms with Crippen LogP contribution in [-0.2, 0) is 46.3 Å². The summed E-state index contributed by atoms with van der Waals surface area (Å²) in [6.07, 6.45) is -1.71. The third-order valence-electron chi connectivity index (χ3n) is 10.4. The van der Waals surface area contributed by atoms with Gasteiger partial charge >= 0.3 is 23.4 Å². The average molecular weight is 942 g/mol. The molecule has 0 spiro atoms. The summed E-state index contributed by atoms with van der Waals surface area (Å²) < 4.78 is 33.6. The summed E-state index contributed by atoms with van der Waals surface area (Å²) in [6, 6.07) is 7.76. The Hall–Kier alpha value is -8.50. The lowest BCUT2D eigenvalue weighted by Crippen LogP contribution is -2.55. The molecule has 23 nitrogen and oxygen atoms in total. The molecule has 7 bridgehead atoms. The van der Waals surface area contributed by atoms with Crippen molar-refractivity contribution in [1.82, 2.24) is 26.6 Å². The Morgan fingerprint density at radius 1 is 0.662 bits per heavy atom. The van der Waals surface area contributed by atoms with E-state index in [-0.39, 0.29) is 58.1 Å². The maximum absolute atomic E-state index is 14.9. The van der Waals surface area contributed by atoms with E-state index in [1.807, 2.05) is 0 Å². The van der Waals surface area contributed by atoms with Gasteiger partial charge in [0.05, 0.1) is 31.2 Å². The van der Waals surface area contributed by atoms with E-state index in [1.165, 1.54) is 81.8 Å². The van der Waals surface area contributed by atoms with E-state index in [0.29, 0.717) is 5.75 Å². The molecule has 0 saturated carbocycles. The van der Waals surface area contributed by atoms with E-state index < -0.39 is 98.5 Å². The molecule has 5 N–H and O–H groups in total. The van der Waals surface area contributed by atoms with Gasteiger partial charge in [-0.15, -0.1) is 0 Å². The number of fused-ring (bicyclic) bond motifs is 16. The SMILES string of the molecule is COC(=O)[C@@H]1Cc2ccc(c([N+](=O)[O-])c2)Oc2cc3cc(c2OC)Oc2ccc(cc2[N+](=O)[O-])C[C@@H](NC(=O)OC(C)(C)C)C(=O)N[C@@H](C)C(=O)N[C@H]3C(=O)N[C@H](c2ccc(OC)cc2)C(=O)N1. The summed E-state index contributed by atoms with van der Waals surface area (Å²) in [6.45, 7) is 6.05. The van der Waals surface area contributed by atoms with E-state index in [2.05, 4.69) is 26.6 Å². The third kappa shape index (κ3) is 11.5. The lowest BCUT2D eigenvalue weighted by molar-refractivity contribution is -0.385. The van der Waals surface area contributed by atoms with Crippen LogP contribution in [0.2, 0.25) is 0 Å². The fraction of sp³-hybridized carbons (Fsp3) is 0.333. The van der Waals surface area contributed by atoms with Crippen LogP contribution in [0.4, 0.5) is 16.2 Å². The number of nitrogens with zero attached hydrogens (tertiary/aromatic N) is 2. The van der Waals surface area contributed by atoms with Crippen molar-refractivity contribution >= 4 is 47.1 Å². The predicted octanol–water partition coefficient (Wildman–Crippen LogP) is 4.29. The number of carbonyl (C=O) groups excluding carboxylic acids is 6. The van der Waals surface area contributed by atoms with Crippen molar-refractivity contribution < 1.29 is 67.0 Å². The molecular weight excluding hydrogens is 895 g/mol. The Morgan fingerprint density at radius 2 is 1.19 bits per heavy atom. The van der Waals surface area contributed by atoms with Gasteiger partial charge in [-0.25, -0.2) is 9.59 Å². The minimum atomic E-state index is -1.88. The molecule has 0 aliphatic carbocycles. The summed E-state index contributed by atoms with van der Waals surface area (Å²) in [4.78, 5) is 107. The van der Waals surface area contributed by atoms with Crippen LogP contribution < -0.4 is 45.5 Å². The van der Waals surface area contributed by atoms with Crippen molar-refractivity contribution in [1.29, 1.82) is 0 Å². The molecule has 5 amide bonds. The number of amides is 5. The summed E-state index contributed by atoms with van der Waals surface area (Å²) in [5, 5.41) is 38.0. The number of methoxy groups -OCH3 is 3. The van der Waals surface area contributed by atoms with Crippen LogP contribution in [0.5, 0.6) is 34.5 Å². The average Bonchev–Trinajstić information content (AvgIpc) is 3.28. The van der Waals surface area contributed by atoms with Crippen LogP contribution in [0.3, 0.4) is 0 Å². The Balaban J connectivity index is 1.60. The maximum atomic E-state index is 14.9. The second-order valence-electron chi connectivity index (χ2n) is 16.5. The van der Waals surface area contributed by atoms with Gasteiger partial charge in [-0.3, -0.25) is 39.4 Å². The minimum Gasteiger partial charge on any atom is -0.497 e. The largest absolute Gasteiger partial charge is 0.497 e. The second kappa shape index (κ2) is 20.3. The van der Waals surface area contributed by atoms with Crippen molar-refractivity contribution in [3.05, 3.63) is 115 Å². The zero-order valence-corrected chi connectivity index (χ0v) is 37.7. The highest BCUT2D eigenvalue weighted by atomic mass is 16.6. The lowest BCUT2D eigenvalue weighted by Gasteiger charge is -2.28. The standard InChI is InChI=1S/C45H47N7O16/c1-22-39(53)49-37-26-20-34(66-32-14-8-23(18-30(32)51(59)60)16-28(40(54)46-22)48-44(58)68-45(2,3)4)38(64-6)35(21-26)67-33-15-9-24(19-31(33)52(61)62)17-29(43(57)65-7)47-41(55)36(50-42(37)56)25-10-12-27(63-5)13-11-25/h8-15,18-22,28-29,36-37H,16-17H2,1-7H3,(H,46,54)(H,47,55)(H,48,58)(H,49,53)(H,50,56)/t22-,28+,29-,36+,37+/m0/s1. The van der Waals surface area contributed by atoms with E-state index in [4.69, 9.17) is 28.4 Å². The first kappa shape index (κ1) is 48.9. The normalized spacial score (nSPS) is 19.7. The highest BCUT2D eigenvalue weighted by Crippen LogP contribution is 2.47. The number of alkyl carbamates (subject to hydrolysis) is 1. The van der Waals surface area contributed by atoms with Gasteiger partial charge in [-0.1, -0.05) is 24.3 Å². The summed E-state index contributed by atoms with van der Waals surface area (Å²) in [5.41, 5.74) is -1.94. The Bertz CT molecular complexity index is 2670. The van der Waals surface area contributed by atoms with Crippen molar-refractivity contribution in [3.63, 3.8) is 0 Å². The molecule has 23 heteroatoms. The van der Waals surface area contributed by atoms with Crippen LogP contribution in [0, 0.1) is 20.2 Å². The van der Waals surface area contributed by atoms with Crippen molar-refractivity contribution in [2.75, 3.05) is 21.3 Å². The van der Waals surface area contributed by atoms with Crippen LogP contribution in [-0.4, -0.2) is 90.6 Å². The predicted molar refractivity (Wildman–Crippen MR) is 236 cm³/mol. The molecule has 0 aromatic heterocycles. The lowest BCUT2D eigenvalue weighted by atomic mass is 9.99. The van der Waals surface area contributed by atoms with Gasteiger partial charge in [0.2, 0.25) is 40.9 Å². The highest BCUT2D eigenvalue weighted by Gasteiger charge is 2.36. The fourth-order valence-corrected chi connectivity index (χ4v) is 7.18. The molecule has 0 saturated heterocycles. The molecular formula is C45H47N7O16. The number of ether oxygens (including phenoxy) is 6. The van der Waals surface area contributed by atoms with Crippen molar-refractivity contribution in [3.8, 4) is 34.5 Å². The van der Waals surface area contributed by atoms with Crippen LogP contribution >= 0.6 is 0 Å². The first-order valence-corrected chi connectivity index (χ1v) is 20.7. The fourth-order valence-electron chi connectivity index (χ4n) is 7.18. The van der Waals surface area contributed by atoms with E-state index >= 15 is 0 Å². The Morgan fingerprint density at radius 3 is 1.71 bits per heavy atom. The van der Waals surface area contributed by atoms with Crippen LogP contribution in [0.25, 0.3) is 0 Å². The number of rotatable bonds is 7. The molecule has 5 atom stereocenters. The maximum Gasteiger partial charge on any atom is 0.408 e. The molecule has 8 rings (SSSR count). The molecule has 0 radical (unpaired) electrons. The smallest absolute Gasteiger partial charge is 0.408 e. The summed E-state index contributed by atoms with van der Waals surface area (Å²) in [5.74, 6) is -6.32. The Labute approximate surface area is 387 Å². The summed E-state index contributed by atoms with van der Waals surface area (Å²) in [7, 11) is 3.66. The number of nitro benzene ring substituents is 2. The number of nitrogens with one attached hydrogen (secondary N) is 5. The summed E-state index contributed by atoms with van der Waals surface area (Å²) >= 11 is 0. The number of esters is 1. The molecule has 4 aromatic rings. The number of nitro groups is 2. The Kier molecular flexibility index (Phi) is 14.6. The zero-order valence-electron chi connectivity index (χ0n) is 37.7. The van der Waals surface area contributed by atoms with Gasteiger partial charge in [0, 0.05) is 25.0 Å². The second-order valence-corrected chi connectivity index (χ2v) is 16.5. The monoisotopic (exact) mass is 941 g/mol. The molecule has 358 valence electrons.